The first-order chi connectivity index (χ1) is 10.1. The predicted octanol–water partition coefficient (Wildman–Crippen LogP) is 2.06. The third-order valence-electron chi connectivity index (χ3n) is 6.52. The number of carbonyl (C=O) groups is 1. The molecule has 1 aliphatic heterocycles. The molecule has 5 aliphatic rings. The van der Waals surface area contributed by atoms with Crippen molar-refractivity contribution in [3.05, 3.63) is 0 Å². The Hall–Kier alpha value is -0.610. The number of hydrogen-bond donors (Lipinski definition) is 2. The maximum Gasteiger partial charge on any atom is 0.219 e. The molecule has 5 rings (SSSR count). The standard InChI is InChI=1S/C17H29N3O/c1-12(21)20-4-2-16(3-5-20)18-19-17-9-13-6-14(10-17)8-15(7-13)11-17/h13-16,18-19H,2-11H2,1H3. The molecule has 0 radical (unpaired) electrons. The summed E-state index contributed by atoms with van der Waals surface area (Å²) in [6.07, 6.45) is 10.8. The van der Waals surface area contributed by atoms with Gasteiger partial charge < -0.3 is 4.90 Å². The smallest absolute Gasteiger partial charge is 0.219 e. The number of amides is 1. The van der Waals surface area contributed by atoms with Crippen LogP contribution in [0.3, 0.4) is 0 Å². The van der Waals surface area contributed by atoms with E-state index in [0.29, 0.717) is 11.6 Å². The van der Waals surface area contributed by atoms with Gasteiger partial charge in [-0.05, 0) is 69.1 Å². The minimum atomic E-state index is 0.225. The maximum absolute atomic E-state index is 11.4. The summed E-state index contributed by atoms with van der Waals surface area (Å²) in [7, 11) is 0. The van der Waals surface area contributed by atoms with E-state index in [9.17, 15) is 4.79 Å². The lowest BCUT2D eigenvalue weighted by Gasteiger charge is -2.57. The van der Waals surface area contributed by atoms with Crippen LogP contribution in [0.2, 0.25) is 0 Å². The number of nitrogens with one attached hydrogen (secondary N) is 2. The number of likely N-dealkylation sites (tertiary alicyclic amines) is 1. The molecule has 118 valence electrons. The molecule has 4 nitrogen and oxygen atoms in total. The molecule has 0 aromatic heterocycles. The Kier molecular flexibility index (Phi) is 3.49. The number of nitrogens with zero attached hydrogens (tertiary/aromatic N) is 1. The highest BCUT2D eigenvalue weighted by atomic mass is 16.2. The average Bonchev–Trinajstić information content (AvgIpc) is 2.44. The highest BCUT2D eigenvalue weighted by Crippen LogP contribution is 2.55. The molecule has 5 fully saturated rings. The van der Waals surface area contributed by atoms with Crippen LogP contribution in [0.15, 0.2) is 0 Å². The van der Waals surface area contributed by atoms with E-state index in [0.717, 1.165) is 43.7 Å². The van der Waals surface area contributed by atoms with Crippen molar-refractivity contribution in [1.29, 1.82) is 0 Å². The van der Waals surface area contributed by atoms with Gasteiger partial charge in [0.1, 0.15) is 0 Å². The summed E-state index contributed by atoms with van der Waals surface area (Å²) in [5.74, 6) is 3.20. The van der Waals surface area contributed by atoms with E-state index in [2.05, 4.69) is 10.9 Å². The van der Waals surface area contributed by atoms with Gasteiger partial charge in [0.15, 0.2) is 0 Å². The molecule has 4 saturated carbocycles. The zero-order valence-electron chi connectivity index (χ0n) is 13.2. The van der Waals surface area contributed by atoms with Gasteiger partial charge in [-0.15, -0.1) is 0 Å². The van der Waals surface area contributed by atoms with Gasteiger partial charge in [0, 0.05) is 31.6 Å². The largest absolute Gasteiger partial charge is 0.343 e. The van der Waals surface area contributed by atoms with Crippen LogP contribution in [0.1, 0.15) is 58.3 Å². The number of rotatable bonds is 3. The average molecular weight is 291 g/mol. The molecular formula is C17H29N3O. The quantitative estimate of drug-likeness (QED) is 0.782. The Balaban J connectivity index is 1.30. The summed E-state index contributed by atoms with van der Waals surface area (Å²) in [6.45, 7) is 3.51. The van der Waals surface area contributed by atoms with Crippen molar-refractivity contribution >= 4 is 5.91 Å². The monoisotopic (exact) mass is 291 g/mol. The zero-order valence-corrected chi connectivity index (χ0v) is 13.2. The van der Waals surface area contributed by atoms with Crippen molar-refractivity contribution in [3.8, 4) is 0 Å². The molecule has 0 unspecified atom stereocenters. The summed E-state index contributed by atoms with van der Waals surface area (Å²) < 4.78 is 0. The maximum atomic E-state index is 11.4. The first-order valence-corrected chi connectivity index (χ1v) is 8.90. The first kappa shape index (κ1) is 14.0. The molecule has 4 aliphatic carbocycles. The molecule has 21 heavy (non-hydrogen) atoms. The van der Waals surface area contributed by atoms with Crippen molar-refractivity contribution in [2.45, 2.75) is 69.9 Å². The minimum Gasteiger partial charge on any atom is -0.343 e. The van der Waals surface area contributed by atoms with Crippen LogP contribution in [-0.4, -0.2) is 35.5 Å². The highest BCUT2D eigenvalue weighted by molar-refractivity contribution is 5.73. The van der Waals surface area contributed by atoms with E-state index >= 15 is 0 Å². The second kappa shape index (κ2) is 5.24. The van der Waals surface area contributed by atoms with Gasteiger partial charge >= 0.3 is 0 Å². The van der Waals surface area contributed by atoms with Gasteiger partial charge in [-0.25, -0.2) is 0 Å². The van der Waals surface area contributed by atoms with E-state index in [1.54, 1.807) is 6.92 Å². The molecule has 2 N–H and O–H groups in total. The molecule has 1 heterocycles. The Labute approximate surface area is 128 Å². The van der Waals surface area contributed by atoms with Crippen LogP contribution >= 0.6 is 0 Å². The fraction of sp³-hybridized carbons (Fsp3) is 0.941. The minimum absolute atomic E-state index is 0.225. The topological polar surface area (TPSA) is 44.4 Å². The number of carbonyl (C=O) groups excluding carboxylic acids is 1. The predicted molar refractivity (Wildman–Crippen MR) is 82.5 cm³/mol. The number of hydrogen-bond acceptors (Lipinski definition) is 3. The van der Waals surface area contributed by atoms with Crippen molar-refractivity contribution in [2.24, 2.45) is 17.8 Å². The third kappa shape index (κ3) is 2.72. The Morgan fingerprint density at radius 2 is 1.52 bits per heavy atom. The molecule has 1 saturated heterocycles. The van der Waals surface area contributed by atoms with E-state index in [1.165, 1.54) is 38.5 Å². The third-order valence-corrected chi connectivity index (χ3v) is 6.52. The number of piperidine rings is 1. The first-order valence-electron chi connectivity index (χ1n) is 8.90. The Morgan fingerprint density at radius 3 is 2.00 bits per heavy atom. The van der Waals surface area contributed by atoms with E-state index in [-0.39, 0.29) is 5.91 Å². The van der Waals surface area contributed by atoms with Gasteiger partial charge in [-0.3, -0.25) is 15.6 Å². The second-order valence-electron chi connectivity index (χ2n) is 8.25. The summed E-state index contributed by atoms with van der Waals surface area (Å²) >= 11 is 0. The van der Waals surface area contributed by atoms with Gasteiger partial charge in [-0.1, -0.05) is 0 Å². The normalized spacial score (nSPS) is 42.5. The van der Waals surface area contributed by atoms with Crippen LogP contribution in [0, 0.1) is 17.8 Å². The summed E-state index contributed by atoms with van der Waals surface area (Å²) in [5, 5.41) is 0. The zero-order chi connectivity index (χ0) is 14.4. The molecule has 4 bridgehead atoms. The Bertz CT molecular complexity index is 379. The van der Waals surface area contributed by atoms with Gasteiger partial charge in [0.2, 0.25) is 5.91 Å². The molecule has 4 heteroatoms. The van der Waals surface area contributed by atoms with E-state index < -0.39 is 0 Å². The Morgan fingerprint density at radius 1 is 1.00 bits per heavy atom. The lowest BCUT2D eigenvalue weighted by atomic mass is 9.53. The van der Waals surface area contributed by atoms with E-state index in [1.807, 2.05) is 4.90 Å². The van der Waals surface area contributed by atoms with Crippen molar-refractivity contribution in [2.75, 3.05) is 13.1 Å². The van der Waals surface area contributed by atoms with Crippen LogP contribution in [0.5, 0.6) is 0 Å². The van der Waals surface area contributed by atoms with Crippen molar-refractivity contribution in [3.63, 3.8) is 0 Å². The SMILES string of the molecule is CC(=O)N1CCC(NNC23CC4CC(CC(C4)C2)C3)CC1. The van der Waals surface area contributed by atoms with Gasteiger partial charge in [-0.2, -0.15) is 0 Å². The van der Waals surface area contributed by atoms with Gasteiger partial charge in [0.25, 0.3) is 0 Å². The van der Waals surface area contributed by atoms with Crippen molar-refractivity contribution in [1.82, 2.24) is 15.8 Å². The van der Waals surface area contributed by atoms with Crippen LogP contribution in [0.25, 0.3) is 0 Å². The number of hydrazine groups is 1. The summed E-state index contributed by atoms with van der Waals surface area (Å²) in [4.78, 5) is 13.4. The fourth-order valence-electron chi connectivity index (χ4n) is 5.86. The van der Waals surface area contributed by atoms with E-state index in [4.69, 9.17) is 0 Å². The molecule has 1 amide bonds. The summed E-state index contributed by atoms with van der Waals surface area (Å²) in [6, 6.07) is 0.536. The van der Waals surface area contributed by atoms with Crippen LogP contribution in [0.4, 0.5) is 0 Å². The summed E-state index contributed by atoms with van der Waals surface area (Å²) in [5.41, 5.74) is 7.83. The fourth-order valence-corrected chi connectivity index (χ4v) is 5.86. The molecule has 0 atom stereocenters. The van der Waals surface area contributed by atoms with Crippen LogP contribution < -0.4 is 10.9 Å². The second-order valence-corrected chi connectivity index (χ2v) is 8.25. The molecule has 0 aromatic carbocycles. The lowest BCUT2D eigenvalue weighted by molar-refractivity contribution is -0.130. The molecular weight excluding hydrogens is 262 g/mol. The van der Waals surface area contributed by atoms with Gasteiger partial charge in [0.05, 0.1) is 0 Å². The van der Waals surface area contributed by atoms with Crippen molar-refractivity contribution < 1.29 is 4.79 Å². The van der Waals surface area contributed by atoms with Crippen LogP contribution in [-0.2, 0) is 4.79 Å². The molecule has 0 aromatic rings. The highest BCUT2D eigenvalue weighted by Gasteiger charge is 2.50. The lowest BCUT2D eigenvalue weighted by Crippen LogP contribution is -2.64. The molecule has 0 spiro atoms.